The molecule has 0 aromatic carbocycles. The number of halogens is 4. The molecule has 0 aliphatic carbocycles. The maximum Gasteiger partial charge on any atom is 0.455 e. The van der Waals surface area contributed by atoms with Gasteiger partial charge in [0.2, 0.25) is 0 Å². The van der Waals surface area contributed by atoms with Crippen LogP contribution in [0.1, 0.15) is 42.8 Å². The lowest BCUT2D eigenvalue weighted by atomic mass is 10.1. The van der Waals surface area contributed by atoms with E-state index in [4.69, 9.17) is 11.6 Å². The molecule has 190 valence electrons. The minimum Gasteiger partial charge on any atom is -0.355 e. The SMILES string of the molecule is CC=C(C(=O)NC)C(NC(=O)c1cc(Cn2nnc(C(F)(F)F)n2)nn1-c1ncccc1Cl)=C(C)C. The number of carbonyl (C=O) groups is 2. The van der Waals surface area contributed by atoms with Crippen molar-refractivity contribution in [1.82, 2.24) is 45.6 Å². The predicted octanol–water partition coefficient (Wildman–Crippen LogP) is 2.69. The third kappa shape index (κ3) is 5.76. The van der Waals surface area contributed by atoms with Gasteiger partial charge in [-0.25, -0.2) is 9.67 Å². The molecule has 0 spiro atoms. The minimum absolute atomic E-state index is 0.0483. The first-order valence-corrected chi connectivity index (χ1v) is 10.8. The Morgan fingerprint density at radius 2 is 1.94 bits per heavy atom. The Labute approximate surface area is 208 Å². The van der Waals surface area contributed by atoms with E-state index in [1.165, 1.54) is 25.4 Å². The Balaban J connectivity index is 2.03. The van der Waals surface area contributed by atoms with Crippen LogP contribution in [0.3, 0.4) is 0 Å². The molecular weight excluding hydrogens is 503 g/mol. The molecular formula is C21H21ClF3N9O2. The summed E-state index contributed by atoms with van der Waals surface area (Å²) in [4.78, 5) is 30.5. The number of nitrogens with one attached hydrogen (secondary N) is 2. The smallest absolute Gasteiger partial charge is 0.355 e. The van der Waals surface area contributed by atoms with Gasteiger partial charge in [0.05, 0.1) is 22.0 Å². The molecule has 3 aromatic rings. The van der Waals surface area contributed by atoms with Crippen molar-refractivity contribution in [3.8, 4) is 5.82 Å². The summed E-state index contributed by atoms with van der Waals surface area (Å²) >= 11 is 6.26. The van der Waals surface area contributed by atoms with Crippen LogP contribution in [0.2, 0.25) is 5.02 Å². The van der Waals surface area contributed by atoms with Crippen LogP contribution in [-0.2, 0) is 17.5 Å². The Bertz CT molecular complexity index is 1350. The Hall–Kier alpha value is -4.07. The maximum atomic E-state index is 13.4. The number of alkyl halides is 3. The Morgan fingerprint density at radius 3 is 2.50 bits per heavy atom. The first kappa shape index (κ1) is 26.5. The van der Waals surface area contributed by atoms with E-state index in [1.807, 2.05) is 0 Å². The molecule has 0 fully saturated rings. The fourth-order valence-corrected chi connectivity index (χ4v) is 3.30. The highest BCUT2D eigenvalue weighted by atomic mass is 35.5. The lowest BCUT2D eigenvalue weighted by Gasteiger charge is -2.15. The lowest BCUT2D eigenvalue weighted by Crippen LogP contribution is -2.31. The second kappa shape index (κ2) is 10.7. The summed E-state index contributed by atoms with van der Waals surface area (Å²) in [5, 5.41) is 19.4. The molecule has 0 aliphatic rings. The van der Waals surface area contributed by atoms with Crippen LogP contribution in [0, 0.1) is 0 Å². The molecule has 15 heteroatoms. The summed E-state index contributed by atoms with van der Waals surface area (Å²) in [5.41, 5.74) is 1.24. The standard InChI is InChI=1S/C21H21ClF3N9O2/c1-5-13(18(35)26-4)16(11(2)3)28-19(36)15-9-12(10-33-31-20(29-32-33)21(23,24)25)30-34(15)17-14(22)7-6-8-27-17/h5-9H,10H2,1-4H3,(H,26,35)(H,28,36). The van der Waals surface area contributed by atoms with Gasteiger partial charge in [-0.05, 0) is 44.2 Å². The lowest BCUT2D eigenvalue weighted by molar-refractivity contribution is -0.145. The molecule has 0 saturated heterocycles. The van der Waals surface area contributed by atoms with E-state index in [-0.39, 0.29) is 40.0 Å². The summed E-state index contributed by atoms with van der Waals surface area (Å²) in [6, 6.07) is 4.44. The van der Waals surface area contributed by atoms with Crippen LogP contribution in [0.15, 0.2) is 47.3 Å². The van der Waals surface area contributed by atoms with Crippen LogP contribution < -0.4 is 10.6 Å². The zero-order valence-electron chi connectivity index (χ0n) is 19.6. The van der Waals surface area contributed by atoms with E-state index < -0.39 is 23.8 Å². The average Bonchev–Trinajstić information content (AvgIpc) is 3.46. The maximum absolute atomic E-state index is 13.4. The van der Waals surface area contributed by atoms with Crippen molar-refractivity contribution in [2.24, 2.45) is 0 Å². The molecule has 0 atom stereocenters. The van der Waals surface area contributed by atoms with Crippen molar-refractivity contribution in [3.63, 3.8) is 0 Å². The van der Waals surface area contributed by atoms with E-state index >= 15 is 0 Å². The summed E-state index contributed by atoms with van der Waals surface area (Å²) in [6.07, 6.45) is -1.78. The van der Waals surface area contributed by atoms with Gasteiger partial charge in [0.25, 0.3) is 17.6 Å². The molecule has 3 aromatic heterocycles. The van der Waals surface area contributed by atoms with Crippen LogP contribution in [0.5, 0.6) is 0 Å². The summed E-state index contributed by atoms with van der Waals surface area (Å²) in [5.74, 6) is -2.38. The van der Waals surface area contributed by atoms with E-state index in [9.17, 15) is 22.8 Å². The number of carbonyl (C=O) groups excluding carboxylic acids is 2. The Kier molecular flexibility index (Phi) is 7.87. The van der Waals surface area contributed by atoms with Gasteiger partial charge < -0.3 is 10.6 Å². The van der Waals surface area contributed by atoms with Crippen molar-refractivity contribution < 1.29 is 22.8 Å². The van der Waals surface area contributed by atoms with Crippen LogP contribution in [0.25, 0.3) is 5.82 Å². The van der Waals surface area contributed by atoms with Crippen molar-refractivity contribution in [2.45, 2.75) is 33.5 Å². The molecule has 0 aliphatic heterocycles. The van der Waals surface area contributed by atoms with Crippen molar-refractivity contribution >= 4 is 23.4 Å². The summed E-state index contributed by atoms with van der Waals surface area (Å²) < 4.78 is 39.6. The monoisotopic (exact) mass is 523 g/mol. The van der Waals surface area contributed by atoms with Crippen LogP contribution in [-0.4, -0.2) is 53.8 Å². The number of amides is 2. The van der Waals surface area contributed by atoms with Crippen molar-refractivity contribution in [2.75, 3.05) is 7.05 Å². The van der Waals surface area contributed by atoms with Crippen molar-refractivity contribution in [1.29, 1.82) is 0 Å². The second-order valence-electron chi connectivity index (χ2n) is 7.49. The molecule has 0 bridgehead atoms. The predicted molar refractivity (Wildman–Crippen MR) is 122 cm³/mol. The third-order valence-electron chi connectivity index (χ3n) is 4.71. The largest absolute Gasteiger partial charge is 0.455 e. The molecule has 3 heterocycles. The van der Waals surface area contributed by atoms with E-state index in [2.05, 4.69) is 36.1 Å². The Morgan fingerprint density at radius 1 is 1.22 bits per heavy atom. The fourth-order valence-electron chi connectivity index (χ4n) is 3.10. The molecule has 2 amide bonds. The number of allylic oxidation sites excluding steroid dienone is 2. The molecule has 0 saturated carbocycles. The van der Waals surface area contributed by atoms with Crippen molar-refractivity contribution in [3.05, 3.63) is 69.6 Å². The van der Waals surface area contributed by atoms with E-state index in [0.717, 1.165) is 4.68 Å². The zero-order valence-corrected chi connectivity index (χ0v) is 20.3. The van der Waals surface area contributed by atoms with Gasteiger partial charge in [-0.2, -0.15) is 23.1 Å². The number of pyridine rings is 1. The van der Waals surface area contributed by atoms with Crippen LogP contribution >= 0.6 is 11.6 Å². The van der Waals surface area contributed by atoms with Gasteiger partial charge in [0.15, 0.2) is 5.82 Å². The quantitative estimate of drug-likeness (QED) is 0.359. The highest BCUT2D eigenvalue weighted by molar-refractivity contribution is 6.32. The topological polar surface area (TPSA) is 133 Å². The van der Waals surface area contributed by atoms with Gasteiger partial charge in [-0.1, -0.05) is 23.3 Å². The molecule has 36 heavy (non-hydrogen) atoms. The van der Waals surface area contributed by atoms with Gasteiger partial charge in [0.1, 0.15) is 12.2 Å². The number of hydrogen-bond acceptors (Lipinski definition) is 7. The van der Waals surface area contributed by atoms with Gasteiger partial charge in [-0.15, -0.1) is 10.2 Å². The number of tetrazole rings is 1. The summed E-state index contributed by atoms with van der Waals surface area (Å²) in [7, 11) is 1.46. The number of likely N-dealkylation sites (N-methyl/N-ethyl adjacent to an activating group) is 1. The van der Waals surface area contributed by atoms with E-state index in [1.54, 1.807) is 32.9 Å². The average molecular weight is 524 g/mol. The second-order valence-corrected chi connectivity index (χ2v) is 7.90. The number of rotatable bonds is 7. The fraction of sp³-hybridized carbons (Fsp3) is 0.286. The molecule has 0 radical (unpaired) electrons. The molecule has 2 N–H and O–H groups in total. The highest BCUT2D eigenvalue weighted by Gasteiger charge is 2.37. The molecule has 11 nitrogen and oxygen atoms in total. The van der Waals surface area contributed by atoms with E-state index in [0.29, 0.717) is 10.4 Å². The number of aromatic nitrogens is 7. The number of hydrogen-bond donors (Lipinski definition) is 2. The normalized spacial score (nSPS) is 11.8. The third-order valence-corrected chi connectivity index (χ3v) is 5.01. The zero-order chi connectivity index (χ0) is 26.6. The highest BCUT2D eigenvalue weighted by Crippen LogP contribution is 2.25. The van der Waals surface area contributed by atoms with Gasteiger partial charge in [-0.3, -0.25) is 9.59 Å². The molecule has 3 rings (SSSR count). The minimum atomic E-state index is -4.76. The molecule has 0 unspecified atom stereocenters. The number of nitrogens with zero attached hydrogens (tertiary/aromatic N) is 7. The van der Waals surface area contributed by atoms with Gasteiger partial charge in [0, 0.05) is 13.2 Å². The van der Waals surface area contributed by atoms with Crippen LogP contribution in [0.4, 0.5) is 13.2 Å². The first-order valence-electron chi connectivity index (χ1n) is 10.4. The first-order chi connectivity index (χ1) is 17.0. The summed E-state index contributed by atoms with van der Waals surface area (Å²) in [6.45, 7) is 4.76. The van der Waals surface area contributed by atoms with Gasteiger partial charge >= 0.3 is 6.18 Å².